The number of nitrogens with one attached hydrogen (secondary N) is 1. The van der Waals surface area contributed by atoms with Crippen molar-refractivity contribution in [3.8, 4) is 0 Å². The average molecular weight is 268 g/mol. The van der Waals surface area contributed by atoms with Crippen molar-refractivity contribution in [1.82, 2.24) is 10.2 Å². The molecule has 0 amide bonds. The van der Waals surface area contributed by atoms with Crippen LogP contribution in [0.3, 0.4) is 0 Å². The predicted molar refractivity (Wildman–Crippen MR) is 80.5 cm³/mol. The largest absolute Gasteiger partial charge is 0.377 e. The van der Waals surface area contributed by atoms with Gasteiger partial charge in [0.15, 0.2) is 0 Å². The summed E-state index contributed by atoms with van der Waals surface area (Å²) < 4.78 is 5.92. The molecule has 0 saturated carbocycles. The van der Waals surface area contributed by atoms with Crippen LogP contribution in [-0.2, 0) is 4.74 Å². The summed E-state index contributed by atoms with van der Waals surface area (Å²) in [6, 6.07) is 1.35. The standard InChI is InChI=1S/C16H32N2O/c1-13(2)10-15-11-18(14(3)7-8-17-15)12-16-6-4-5-9-19-16/h13-17H,4-12H2,1-3H3. The lowest BCUT2D eigenvalue weighted by molar-refractivity contribution is -0.0129. The van der Waals surface area contributed by atoms with E-state index in [1.807, 2.05) is 0 Å². The molecule has 2 heterocycles. The minimum atomic E-state index is 0.481. The van der Waals surface area contributed by atoms with Crippen LogP contribution < -0.4 is 5.32 Å². The van der Waals surface area contributed by atoms with Gasteiger partial charge in [0.1, 0.15) is 0 Å². The zero-order valence-electron chi connectivity index (χ0n) is 13.0. The Kier molecular flexibility index (Phi) is 6.11. The fourth-order valence-corrected chi connectivity index (χ4v) is 3.40. The molecule has 3 unspecified atom stereocenters. The van der Waals surface area contributed by atoms with Gasteiger partial charge in [0.25, 0.3) is 0 Å². The molecule has 2 aliphatic heterocycles. The van der Waals surface area contributed by atoms with Crippen molar-refractivity contribution < 1.29 is 4.74 Å². The molecule has 3 nitrogen and oxygen atoms in total. The normalized spacial score (nSPS) is 34.4. The first-order valence-corrected chi connectivity index (χ1v) is 8.24. The highest BCUT2D eigenvalue weighted by molar-refractivity contribution is 4.83. The lowest BCUT2D eigenvalue weighted by Crippen LogP contribution is -2.45. The van der Waals surface area contributed by atoms with Crippen molar-refractivity contribution in [2.75, 3.05) is 26.2 Å². The number of ether oxygens (including phenoxy) is 1. The summed E-state index contributed by atoms with van der Waals surface area (Å²) in [7, 11) is 0. The summed E-state index contributed by atoms with van der Waals surface area (Å²) in [6.45, 7) is 11.5. The average Bonchev–Trinajstić information content (AvgIpc) is 2.53. The monoisotopic (exact) mass is 268 g/mol. The van der Waals surface area contributed by atoms with Crippen LogP contribution in [0, 0.1) is 5.92 Å². The van der Waals surface area contributed by atoms with E-state index < -0.39 is 0 Å². The van der Waals surface area contributed by atoms with Gasteiger partial charge in [-0.15, -0.1) is 0 Å². The van der Waals surface area contributed by atoms with Crippen LogP contribution in [0.4, 0.5) is 0 Å². The van der Waals surface area contributed by atoms with Crippen LogP contribution in [0.5, 0.6) is 0 Å². The zero-order valence-corrected chi connectivity index (χ0v) is 13.0. The van der Waals surface area contributed by atoms with E-state index in [9.17, 15) is 0 Å². The highest BCUT2D eigenvalue weighted by Gasteiger charge is 2.26. The molecule has 3 atom stereocenters. The third-order valence-corrected chi connectivity index (χ3v) is 4.54. The van der Waals surface area contributed by atoms with Crippen molar-refractivity contribution in [2.24, 2.45) is 5.92 Å². The van der Waals surface area contributed by atoms with Crippen LogP contribution in [0.15, 0.2) is 0 Å². The number of rotatable bonds is 4. The maximum absolute atomic E-state index is 5.92. The van der Waals surface area contributed by atoms with Crippen molar-refractivity contribution in [2.45, 2.75) is 71.1 Å². The minimum absolute atomic E-state index is 0.481. The van der Waals surface area contributed by atoms with E-state index in [-0.39, 0.29) is 0 Å². The highest BCUT2D eigenvalue weighted by Crippen LogP contribution is 2.19. The summed E-state index contributed by atoms with van der Waals surface area (Å²) >= 11 is 0. The smallest absolute Gasteiger partial charge is 0.0702 e. The van der Waals surface area contributed by atoms with Crippen LogP contribution in [0.1, 0.15) is 52.9 Å². The Morgan fingerprint density at radius 1 is 1.26 bits per heavy atom. The Morgan fingerprint density at radius 3 is 2.79 bits per heavy atom. The second-order valence-corrected chi connectivity index (χ2v) is 6.86. The van der Waals surface area contributed by atoms with Gasteiger partial charge in [-0.05, 0) is 51.5 Å². The van der Waals surface area contributed by atoms with Crippen molar-refractivity contribution >= 4 is 0 Å². The van der Waals surface area contributed by atoms with Gasteiger partial charge in [-0.3, -0.25) is 4.90 Å². The topological polar surface area (TPSA) is 24.5 Å². The Bertz CT molecular complexity index is 251. The van der Waals surface area contributed by atoms with E-state index in [1.165, 1.54) is 45.2 Å². The fraction of sp³-hybridized carbons (Fsp3) is 1.00. The lowest BCUT2D eigenvalue weighted by atomic mass is 10.0. The van der Waals surface area contributed by atoms with Crippen LogP contribution in [0.25, 0.3) is 0 Å². The zero-order chi connectivity index (χ0) is 13.7. The molecule has 0 aromatic carbocycles. The molecule has 112 valence electrons. The van der Waals surface area contributed by atoms with E-state index in [2.05, 4.69) is 31.0 Å². The summed E-state index contributed by atoms with van der Waals surface area (Å²) in [5, 5.41) is 3.73. The molecule has 0 bridgehead atoms. The Labute approximate surface area is 119 Å². The van der Waals surface area contributed by atoms with E-state index in [4.69, 9.17) is 4.74 Å². The third-order valence-electron chi connectivity index (χ3n) is 4.54. The number of hydrogen-bond acceptors (Lipinski definition) is 3. The summed E-state index contributed by atoms with van der Waals surface area (Å²) in [6.07, 6.45) is 6.89. The second-order valence-electron chi connectivity index (χ2n) is 6.86. The van der Waals surface area contributed by atoms with E-state index in [0.29, 0.717) is 18.2 Å². The summed E-state index contributed by atoms with van der Waals surface area (Å²) in [5.74, 6) is 0.777. The van der Waals surface area contributed by atoms with E-state index in [0.717, 1.165) is 19.1 Å². The first-order valence-electron chi connectivity index (χ1n) is 8.24. The van der Waals surface area contributed by atoms with Crippen molar-refractivity contribution in [3.05, 3.63) is 0 Å². The molecule has 2 rings (SSSR count). The van der Waals surface area contributed by atoms with Gasteiger partial charge < -0.3 is 10.1 Å². The Hall–Kier alpha value is -0.120. The molecule has 0 aromatic heterocycles. The molecule has 0 spiro atoms. The predicted octanol–water partition coefficient (Wildman–Crippen LogP) is 2.65. The first-order chi connectivity index (χ1) is 9.15. The molecule has 0 aromatic rings. The Morgan fingerprint density at radius 2 is 2.11 bits per heavy atom. The molecule has 3 heteroatoms. The quantitative estimate of drug-likeness (QED) is 0.848. The third kappa shape index (κ3) is 5.05. The maximum Gasteiger partial charge on any atom is 0.0702 e. The summed E-state index contributed by atoms with van der Waals surface area (Å²) in [4.78, 5) is 2.67. The van der Waals surface area contributed by atoms with E-state index in [1.54, 1.807) is 0 Å². The molecule has 2 saturated heterocycles. The minimum Gasteiger partial charge on any atom is -0.377 e. The van der Waals surface area contributed by atoms with Crippen LogP contribution in [-0.4, -0.2) is 49.3 Å². The van der Waals surface area contributed by atoms with Gasteiger partial charge in [0.05, 0.1) is 6.10 Å². The van der Waals surface area contributed by atoms with Gasteiger partial charge in [-0.25, -0.2) is 0 Å². The van der Waals surface area contributed by atoms with E-state index >= 15 is 0 Å². The van der Waals surface area contributed by atoms with Gasteiger partial charge in [-0.2, -0.15) is 0 Å². The second kappa shape index (κ2) is 7.61. The Balaban J connectivity index is 1.87. The number of nitrogens with zero attached hydrogens (tertiary/aromatic N) is 1. The molecule has 2 aliphatic rings. The molecular weight excluding hydrogens is 236 g/mol. The molecule has 0 radical (unpaired) electrons. The van der Waals surface area contributed by atoms with Crippen LogP contribution in [0.2, 0.25) is 0 Å². The molecule has 2 fully saturated rings. The first kappa shape index (κ1) is 15.3. The van der Waals surface area contributed by atoms with Crippen molar-refractivity contribution in [1.29, 1.82) is 0 Å². The number of hydrogen-bond donors (Lipinski definition) is 1. The SMILES string of the molecule is CC(C)CC1CN(CC2CCCCO2)C(C)CCN1. The molecule has 19 heavy (non-hydrogen) atoms. The fourth-order valence-electron chi connectivity index (χ4n) is 3.40. The molecule has 1 N–H and O–H groups in total. The van der Waals surface area contributed by atoms with Crippen molar-refractivity contribution in [3.63, 3.8) is 0 Å². The molecular formula is C16H32N2O. The highest BCUT2D eigenvalue weighted by atomic mass is 16.5. The molecule has 0 aliphatic carbocycles. The van der Waals surface area contributed by atoms with Crippen LogP contribution >= 0.6 is 0 Å². The van der Waals surface area contributed by atoms with Gasteiger partial charge >= 0.3 is 0 Å². The van der Waals surface area contributed by atoms with Gasteiger partial charge in [-0.1, -0.05) is 13.8 Å². The maximum atomic E-state index is 5.92. The van der Waals surface area contributed by atoms with Gasteiger partial charge in [0, 0.05) is 31.8 Å². The summed E-state index contributed by atoms with van der Waals surface area (Å²) in [5.41, 5.74) is 0. The lowest BCUT2D eigenvalue weighted by Gasteiger charge is -2.34. The van der Waals surface area contributed by atoms with Gasteiger partial charge in [0.2, 0.25) is 0 Å².